The molecule has 0 radical (unpaired) electrons. The molecule has 5 nitrogen and oxygen atoms in total. The fourth-order valence-electron chi connectivity index (χ4n) is 1.79. The van der Waals surface area contributed by atoms with E-state index in [2.05, 4.69) is 0 Å². The SMILES string of the molecule is Cc1cccc(C(=N)c2cc([N+](=O)[O-])ccc2O)c1. The molecule has 0 heterocycles. The maximum absolute atomic E-state index is 10.7. The average molecular weight is 256 g/mol. The number of nitrogens with one attached hydrogen (secondary N) is 1. The van der Waals surface area contributed by atoms with Gasteiger partial charge in [-0.25, -0.2) is 0 Å². The molecule has 0 aliphatic heterocycles. The molecule has 0 aromatic heterocycles. The third-order valence-electron chi connectivity index (χ3n) is 2.77. The van der Waals surface area contributed by atoms with E-state index < -0.39 is 4.92 Å². The molecule has 2 aromatic carbocycles. The second-order valence-electron chi connectivity index (χ2n) is 4.20. The minimum Gasteiger partial charge on any atom is -0.507 e. The predicted octanol–water partition coefficient (Wildman–Crippen LogP) is 3.02. The fourth-order valence-corrected chi connectivity index (χ4v) is 1.79. The molecule has 2 aromatic rings. The summed E-state index contributed by atoms with van der Waals surface area (Å²) in [4.78, 5) is 10.2. The van der Waals surface area contributed by atoms with Crippen LogP contribution in [0.1, 0.15) is 16.7 Å². The normalized spacial score (nSPS) is 10.2. The second-order valence-corrected chi connectivity index (χ2v) is 4.20. The number of nitro groups is 1. The van der Waals surface area contributed by atoms with Crippen molar-refractivity contribution in [1.29, 1.82) is 5.41 Å². The smallest absolute Gasteiger partial charge is 0.270 e. The molecule has 0 fully saturated rings. The molecule has 96 valence electrons. The molecule has 0 saturated heterocycles. The van der Waals surface area contributed by atoms with Crippen molar-refractivity contribution < 1.29 is 10.0 Å². The van der Waals surface area contributed by atoms with E-state index in [1.807, 2.05) is 13.0 Å². The number of phenolic OH excluding ortho intramolecular Hbond substituents is 1. The summed E-state index contributed by atoms with van der Waals surface area (Å²) in [6, 6.07) is 10.9. The van der Waals surface area contributed by atoms with Crippen LogP contribution in [0.3, 0.4) is 0 Å². The summed E-state index contributed by atoms with van der Waals surface area (Å²) < 4.78 is 0. The fraction of sp³-hybridized carbons (Fsp3) is 0.0714. The molecule has 2 rings (SSSR count). The van der Waals surface area contributed by atoms with E-state index in [-0.39, 0.29) is 22.7 Å². The number of nitro benzene ring substituents is 1. The van der Waals surface area contributed by atoms with Crippen LogP contribution in [0, 0.1) is 22.4 Å². The Kier molecular flexibility index (Phi) is 3.29. The van der Waals surface area contributed by atoms with Crippen LogP contribution in [0.15, 0.2) is 42.5 Å². The lowest BCUT2D eigenvalue weighted by Crippen LogP contribution is -2.03. The van der Waals surface area contributed by atoms with Crippen molar-refractivity contribution >= 4 is 11.4 Å². The number of aryl methyl sites for hydroxylation is 1. The van der Waals surface area contributed by atoms with Crippen LogP contribution < -0.4 is 0 Å². The Labute approximate surface area is 109 Å². The van der Waals surface area contributed by atoms with Crippen LogP contribution in [0.4, 0.5) is 5.69 Å². The lowest BCUT2D eigenvalue weighted by molar-refractivity contribution is -0.384. The van der Waals surface area contributed by atoms with Gasteiger partial charge in [-0.1, -0.05) is 23.8 Å². The van der Waals surface area contributed by atoms with Gasteiger partial charge in [0, 0.05) is 23.3 Å². The van der Waals surface area contributed by atoms with Crippen LogP contribution in [0.2, 0.25) is 0 Å². The first kappa shape index (κ1) is 12.8. The summed E-state index contributed by atoms with van der Waals surface area (Å²) in [5, 5.41) is 28.5. The summed E-state index contributed by atoms with van der Waals surface area (Å²) in [6.45, 7) is 1.89. The first-order valence-corrected chi connectivity index (χ1v) is 5.62. The van der Waals surface area contributed by atoms with Gasteiger partial charge in [-0.05, 0) is 19.1 Å². The van der Waals surface area contributed by atoms with E-state index in [0.29, 0.717) is 5.56 Å². The van der Waals surface area contributed by atoms with E-state index >= 15 is 0 Å². The monoisotopic (exact) mass is 256 g/mol. The highest BCUT2D eigenvalue weighted by atomic mass is 16.6. The van der Waals surface area contributed by atoms with Crippen LogP contribution in [0.5, 0.6) is 5.75 Å². The van der Waals surface area contributed by atoms with E-state index in [1.165, 1.54) is 18.2 Å². The van der Waals surface area contributed by atoms with Gasteiger partial charge in [-0.2, -0.15) is 0 Å². The largest absolute Gasteiger partial charge is 0.507 e. The zero-order valence-corrected chi connectivity index (χ0v) is 10.3. The molecule has 19 heavy (non-hydrogen) atoms. The van der Waals surface area contributed by atoms with Crippen LogP contribution >= 0.6 is 0 Å². The molecule has 0 aliphatic rings. The van der Waals surface area contributed by atoms with Gasteiger partial charge in [0.25, 0.3) is 5.69 Å². The van der Waals surface area contributed by atoms with Crippen molar-refractivity contribution in [1.82, 2.24) is 0 Å². The number of rotatable bonds is 3. The van der Waals surface area contributed by atoms with Crippen molar-refractivity contribution in [2.45, 2.75) is 6.92 Å². The van der Waals surface area contributed by atoms with Crippen LogP contribution in [-0.4, -0.2) is 15.7 Å². The Balaban J connectivity index is 2.49. The summed E-state index contributed by atoms with van der Waals surface area (Å²) in [5.74, 6) is -0.142. The summed E-state index contributed by atoms with van der Waals surface area (Å²) >= 11 is 0. The second kappa shape index (κ2) is 4.89. The molecule has 0 atom stereocenters. The summed E-state index contributed by atoms with van der Waals surface area (Å²) in [5.41, 5.74) is 1.65. The summed E-state index contributed by atoms with van der Waals surface area (Å²) in [6.07, 6.45) is 0. The standard InChI is InChI=1S/C14H12N2O3/c1-9-3-2-4-10(7-9)14(15)12-8-11(16(18)19)5-6-13(12)17/h2-8,15,17H,1H3. The minimum atomic E-state index is -0.549. The number of nitrogens with zero attached hydrogens (tertiary/aromatic N) is 1. The van der Waals surface area contributed by atoms with Gasteiger partial charge >= 0.3 is 0 Å². The Hall–Kier alpha value is -2.69. The number of non-ortho nitro benzene ring substituents is 1. The van der Waals surface area contributed by atoms with Crippen molar-refractivity contribution in [2.24, 2.45) is 0 Å². The molecular formula is C14H12N2O3. The third-order valence-corrected chi connectivity index (χ3v) is 2.77. The Morgan fingerprint density at radius 3 is 2.63 bits per heavy atom. The Bertz CT molecular complexity index is 665. The summed E-state index contributed by atoms with van der Waals surface area (Å²) in [7, 11) is 0. The van der Waals surface area contributed by atoms with Crippen molar-refractivity contribution in [3.63, 3.8) is 0 Å². The zero-order chi connectivity index (χ0) is 14.0. The first-order valence-electron chi connectivity index (χ1n) is 5.62. The van der Waals surface area contributed by atoms with Gasteiger partial charge in [0.05, 0.1) is 10.6 Å². The lowest BCUT2D eigenvalue weighted by atomic mass is 9.99. The van der Waals surface area contributed by atoms with Gasteiger partial charge in [0.2, 0.25) is 0 Å². The molecule has 0 saturated carbocycles. The van der Waals surface area contributed by atoms with Gasteiger partial charge in [0.15, 0.2) is 0 Å². The van der Waals surface area contributed by atoms with Gasteiger partial charge in [0.1, 0.15) is 5.75 Å². The number of benzene rings is 2. The lowest BCUT2D eigenvalue weighted by Gasteiger charge is -2.07. The number of hydrogen-bond donors (Lipinski definition) is 2. The van der Waals surface area contributed by atoms with Gasteiger partial charge < -0.3 is 5.11 Å². The topological polar surface area (TPSA) is 87.2 Å². The Morgan fingerprint density at radius 2 is 2.00 bits per heavy atom. The van der Waals surface area contributed by atoms with E-state index in [4.69, 9.17) is 5.41 Å². The Morgan fingerprint density at radius 1 is 1.26 bits per heavy atom. The molecule has 2 N–H and O–H groups in total. The molecule has 0 bridgehead atoms. The highest BCUT2D eigenvalue weighted by Gasteiger charge is 2.15. The average Bonchev–Trinajstić information content (AvgIpc) is 2.38. The molecular weight excluding hydrogens is 244 g/mol. The van der Waals surface area contributed by atoms with Crippen molar-refractivity contribution in [3.8, 4) is 5.75 Å². The van der Waals surface area contributed by atoms with E-state index in [1.54, 1.807) is 18.2 Å². The van der Waals surface area contributed by atoms with Gasteiger partial charge in [-0.3, -0.25) is 15.5 Å². The number of hydrogen-bond acceptors (Lipinski definition) is 4. The molecule has 5 heteroatoms. The van der Waals surface area contributed by atoms with Crippen LogP contribution in [-0.2, 0) is 0 Å². The van der Waals surface area contributed by atoms with Crippen molar-refractivity contribution in [3.05, 3.63) is 69.3 Å². The van der Waals surface area contributed by atoms with Crippen molar-refractivity contribution in [2.75, 3.05) is 0 Å². The molecule has 0 unspecified atom stereocenters. The maximum Gasteiger partial charge on any atom is 0.270 e. The number of phenols is 1. The third kappa shape index (κ3) is 2.60. The van der Waals surface area contributed by atoms with Gasteiger partial charge in [-0.15, -0.1) is 0 Å². The number of aromatic hydroxyl groups is 1. The highest BCUT2D eigenvalue weighted by Crippen LogP contribution is 2.25. The highest BCUT2D eigenvalue weighted by molar-refractivity contribution is 6.12. The van der Waals surface area contributed by atoms with Crippen LogP contribution in [0.25, 0.3) is 0 Å². The van der Waals surface area contributed by atoms with E-state index in [0.717, 1.165) is 5.56 Å². The zero-order valence-electron chi connectivity index (χ0n) is 10.3. The van der Waals surface area contributed by atoms with E-state index in [9.17, 15) is 15.2 Å². The maximum atomic E-state index is 10.7. The first-order chi connectivity index (χ1) is 8.99. The molecule has 0 spiro atoms. The molecule has 0 amide bonds. The minimum absolute atomic E-state index is 0.0601. The predicted molar refractivity (Wildman–Crippen MR) is 71.9 cm³/mol. The molecule has 0 aliphatic carbocycles. The quantitative estimate of drug-likeness (QED) is 0.502.